The fourth-order valence-electron chi connectivity index (χ4n) is 6.73. The normalized spacial score (nSPS) is 15.6. The van der Waals surface area contributed by atoms with E-state index < -0.39 is 23.5 Å². The number of fused-ring (bicyclic) bond motifs is 1. The Bertz CT molecular complexity index is 1720. The quantitative estimate of drug-likeness (QED) is 0.252. The molecule has 1 heterocycles. The van der Waals surface area contributed by atoms with Crippen molar-refractivity contribution in [1.29, 1.82) is 0 Å². The molecule has 1 amide bonds. The van der Waals surface area contributed by atoms with Crippen molar-refractivity contribution in [2.24, 2.45) is 10.8 Å². The Balaban J connectivity index is 0.00000423. The summed E-state index contributed by atoms with van der Waals surface area (Å²) in [4.78, 5) is 26.0. The molecule has 0 unspecified atom stereocenters. The molecular formula is C34H32ClF2N2NaO3. The maximum atomic E-state index is 14.0. The van der Waals surface area contributed by atoms with E-state index in [-0.39, 0.29) is 63.9 Å². The molecule has 1 N–H and O–H groups in total. The van der Waals surface area contributed by atoms with Crippen LogP contribution < -0.4 is 40.0 Å². The Morgan fingerprint density at radius 1 is 0.953 bits per heavy atom. The van der Waals surface area contributed by atoms with Gasteiger partial charge in [0.25, 0.3) is 0 Å². The number of halogens is 3. The SMILES string of the molecule is CC1(C)CC(=CC(=O)Nc2c(C(=O)[O-])n(Cc3cccc(Cl)c3)c3cc(-c4cc(F)cc(F)c4)ccc23)CC(C)(C)C1.[Na+]. The maximum Gasteiger partial charge on any atom is 1.00 e. The van der Waals surface area contributed by atoms with Crippen LogP contribution in [0.1, 0.15) is 63.0 Å². The monoisotopic (exact) mass is 612 g/mol. The van der Waals surface area contributed by atoms with Crippen LogP contribution >= 0.6 is 11.6 Å². The zero-order valence-electron chi connectivity index (χ0n) is 25.0. The molecule has 0 radical (unpaired) electrons. The number of nitrogens with zero attached hydrogens (tertiary/aromatic N) is 1. The third-order valence-corrected chi connectivity index (χ3v) is 7.87. The second-order valence-corrected chi connectivity index (χ2v) is 13.2. The summed E-state index contributed by atoms with van der Waals surface area (Å²) in [6.07, 6.45) is 4.14. The first-order valence-corrected chi connectivity index (χ1v) is 14.2. The van der Waals surface area contributed by atoms with E-state index in [1.165, 1.54) is 16.7 Å². The van der Waals surface area contributed by atoms with Crippen LogP contribution in [0.3, 0.4) is 0 Å². The van der Waals surface area contributed by atoms with Crippen LogP contribution in [0.4, 0.5) is 14.5 Å². The summed E-state index contributed by atoms with van der Waals surface area (Å²) in [5.74, 6) is -3.37. The first-order chi connectivity index (χ1) is 19.7. The molecule has 0 aliphatic heterocycles. The van der Waals surface area contributed by atoms with Gasteiger partial charge in [-0.05, 0) is 77.1 Å². The van der Waals surface area contributed by atoms with E-state index in [9.17, 15) is 23.5 Å². The average Bonchev–Trinajstić information content (AvgIpc) is 3.13. The molecule has 0 spiro atoms. The summed E-state index contributed by atoms with van der Waals surface area (Å²) in [5.41, 5.74) is 2.87. The minimum absolute atomic E-state index is 0. The Labute approximate surface area is 277 Å². The molecule has 5 rings (SSSR count). The fraction of sp³-hybridized carbons (Fsp3) is 0.294. The van der Waals surface area contributed by atoms with Gasteiger partial charge in [-0.2, -0.15) is 0 Å². The second kappa shape index (κ2) is 12.6. The molecule has 1 fully saturated rings. The number of benzene rings is 3. The topological polar surface area (TPSA) is 74.2 Å². The number of anilines is 1. The Hall–Kier alpha value is -2.97. The fourth-order valence-corrected chi connectivity index (χ4v) is 6.94. The van der Waals surface area contributed by atoms with Gasteiger partial charge in [0.2, 0.25) is 5.91 Å². The summed E-state index contributed by atoms with van der Waals surface area (Å²) >= 11 is 6.20. The minimum atomic E-state index is -1.48. The van der Waals surface area contributed by atoms with Crippen molar-refractivity contribution in [3.63, 3.8) is 0 Å². The van der Waals surface area contributed by atoms with E-state index in [0.717, 1.165) is 36.5 Å². The third-order valence-electron chi connectivity index (χ3n) is 7.64. The van der Waals surface area contributed by atoms with Crippen molar-refractivity contribution in [1.82, 2.24) is 4.57 Å². The molecule has 218 valence electrons. The first kappa shape index (κ1) is 32.9. The molecule has 1 saturated carbocycles. The number of amides is 1. The molecule has 0 atom stereocenters. The van der Waals surface area contributed by atoms with Gasteiger partial charge in [-0.1, -0.05) is 69.1 Å². The van der Waals surface area contributed by atoms with Gasteiger partial charge in [0.15, 0.2) is 0 Å². The number of aromatic carboxylic acids is 1. The van der Waals surface area contributed by atoms with Crippen molar-refractivity contribution < 1.29 is 53.0 Å². The number of nitrogens with one attached hydrogen (secondary N) is 1. The maximum absolute atomic E-state index is 14.0. The smallest absolute Gasteiger partial charge is 0.543 e. The predicted molar refractivity (Wildman–Crippen MR) is 160 cm³/mol. The third kappa shape index (κ3) is 7.58. The zero-order chi connectivity index (χ0) is 30.4. The van der Waals surface area contributed by atoms with E-state index >= 15 is 0 Å². The van der Waals surface area contributed by atoms with E-state index in [4.69, 9.17) is 11.6 Å². The van der Waals surface area contributed by atoms with Crippen molar-refractivity contribution in [2.45, 2.75) is 53.5 Å². The summed E-state index contributed by atoms with van der Waals surface area (Å²) < 4.78 is 29.6. The standard InChI is InChI=1S/C34H33ClF2N2O3.Na/c1-33(2)16-21(17-34(3,4)19-33)11-29(40)38-30-27-9-8-22(23-12-25(36)15-26(37)13-23)14-28(27)39(31(30)32(41)42)18-20-6-5-7-24(35)10-20;/h5-15H,16-19H2,1-4H3,(H,38,40)(H,41,42);/q;+1/p-1. The number of carboxylic acid groups (broad SMARTS) is 1. The molecule has 0 saturated heterocycles. The Morgan fingerprint density at radius 2 is 1.60 bits per heavy atom. The summed E-state index contributed by atoms with van der Waals surface area (Å²) in [6, 6.07) is 15.1. The number of carbonyl (C=O) groups is 2. The van der Waals surface area contributed by atoms with Gasteiger partial charge < -0.3 is 19.8 Å². The van der Waals surface area contributed by atoms with Crippen LogP contribution in [0.25, 0.3) is 22.0 Å². The van der Waals surface area contributed by atoms with Gasteiger partial charge in [0, 0.05) is 29.1 Å². The summed E-state index contributed by atoms with van der Waals surface area (Å²) in [5, 5.41) is 16.4. The largest absolute Gasteiger partial charge is 1.00 e. The number of carboxylic acids is 1. The molecule has 4 aromatic rings. The summed E-state index contributed by atoms with van der Waals surface area (Å²) in [7, 11) is 0. The van der Waals surface area contributed by atoms with Gasteiger partial charge >= 0.3 is 29.6 Å². The Kier molecular flexibility index (Phi) is 9.62. The number of allylic oxidation sites excluding steroid dienone is 1. The van der Waals surface area contributed by atoms with Gasteiger partial charge in [-0.25, -0.2) is 8.78 Å². The van der Waals surface area contributed by atoms with Crippen molar-refractivity contribution in [3.8, 4) is 11.1 Å². The molecule has 1 aliphatic carbocycles. The Morgan fingerprint density at radius 3 is 2.21 bits per heavy atom. The first-order valence-electron chi connectivity index (χ1n) is 13.8. The van der Waals surface area contributed by atoms with E-state index in [1.807, 2.05) is 0 Å². The van der Waals surface area contributed by atoms with Crippen LogP contribution in [-0.4, -0.2) is 16.4 Å². The second-order valence-electron chi connectivity index (χ2n) is 12.8. The number of hydrogen-bond donors (Lipinski definition) is 1. The average molecular weight is 613 g/mol. The number of aromatic nitrogens is 1. The molecule has 1 aliphatic rings. The molecule has 1 aromatic heterocycles. The van der Waals surface area contributed by atoms with Gasteiger partial charge in [0.05, 0.1) is 22.9 Å². The molecule has 9 heteroatoms. The zero-order valence-corrected chi connectivity index (χ0v) is 27.7. The van der Waals surface area contributed by atoms with Gasteiger partial charge in [-0.15, -0.1) is 0 Å². The van der Waals surface area contributed by atoms with Gasteiger partial charge in [0.1, 0.15) is 11.6 Å². The van der Waals surface area contributed by atoms with E-state index in [1.54, 1.807) is 48.5 Å². The van der Waals surface area contributed by atoms with Crippen LogP contribution in [0, 0.1) is 22.5 Å². The molecule has 43 heavy (non-hydrogen) atoms. The molecule has 0 bridgehead atoms. The molecular weight excluding hydrogens is 581 g/mol. The number of hydrogen-bond acceptors (Lipinski definition) is 3. The van der Waals surface area contributed by atoms with Crippen molar-refractivity contribution >= 4 is 40.1 Å². The molecule has 5 nitrogen and oxygen atoms in total. The van der Waals surface area contributed by atoms with Crippen LogP contribution in [0.5, 0.6) is 0 Å². The van der Waals surface area contributed by atoms with Crippen molar-refractivity contribution in [3.05, 3.63) is 100 Å². The molecule has 3 aromatic carbocycles. The number of rotatable bonds is 6. The van der Waals surface area contributed by atoms with Crippen LogP contribution in [0.15, 0.2) is 72.3 Å². The van der Waals surface area contributed by atoms with E-state index in [2.05, 4.69) is 33.0 Å². The van der Waals surface area contributed by atoms with Gasteiger partial charge in [-0.3, -0.25) is 4.79 Å². The van der Waals surface area contributed by atoms with E-state index in [0.29, 0.717) is 21.5 Å². The predicted octanol–water partition coefficient (Wildman–Crippen LogP) is 4.76. The number of carbonyl (C=O) groups excluding carboxylic acids is 2. The van der Waals surface area contributed by atoms with Crippen LogP contribution in [0.2, 0.25) is 5.02 Å². The van der Waals surface area contributed by atoms with Crippen molar-refractivity contribution in [2.75, 3.05) is 5.32 Å². The van der Waals surface area contributed by atoms with Crippen LogP contribution in [-0.2, 0) is 11.3 Å². The summed E-state index contributed by atoms with van der Waals surface area (Å²) in [6.45, 7) is 8.82. The minimum Gasteiger partial charge on any atom is -0.543 e.